The summed E-state index contributed by atoms with van der Waals surface area (Å²) in [6.45, 7) is 4.07. The molecule has 2 heterocycles. The molecule has 3 N–H and O–H groups in total. The molecule has 0 saturated heterocycles. The van der Waals surface area contributed by atoms with E-state index in [2.05, 4.69) is 27.9 Å². The summed E-state index contributed by atoms with van der Waals surface area (Å²) in [5.41, 5.74) is 4.46. The number of nitrogens with zero attached hydrogens (tertiary/aromatic N) is 4. The van der Waals surface area contributed by atoms with E-state index in [0.717, 1.165) is 15.8 Å². The van der Waals surface area contributed by atoms with Gasteiger partial charge in [0.2, 0.25) is 0 Å². The third-order valence-electron chi connectivity index (χ3n) is 5.52. The van der Waals surface area contributed by atoms with Gasteiger partial charge < -0.3 is 15.7 Å². The van der Waals surface area contributed by atoms with Gasteiger partial charge in [0.05, 0.1) is 34.7 Å². The van der Waals surface area contributed by atoms with Crippen LogP contribution in [-0.2, 0) is 6.54 Å². The number of hydrogen-bond donors (Lipinski definition) is 3. The van der Waals surface area contributed by atoms with Crippen molar-refractivity contribution in [2.45, 2.75) is 26.3 Å². The lowest BCUT2D eigenvalue weighted by atomic mass is 9.81. The topological polar surface area (TPSA) is 127 Å². The summed E-state index contributed by atoms with van der Waals surface area (Å²) >= 11 is 0. The number of carboxylic acid groups (broad SMARTS) is 1. The molecule has 0 bridgehead atoms. The first-order chi connectivity index (χ1) is 15.4. The zero-order valence-corrected chi connectivity index (χ0v) is 17.5. The maximum atomic E-state index is 11.7. The van der Waals surface area contributed by atoms with E-state index < -0.39 is 12.0 Å². The number of aromatic nitrogens is 2. The van der Waals surface area contributed by atoms with Crippen LogP contribution in [0.3, 0.4) is 0 Å². The van der Waals surface area contributed by atoms with E-state index in [1.54, 1.807) is 32.0 Å². The molecule has 1 aromatic heterocycles. The highest BCUT2D eigenvalue weighted by atomic mass is 16.4. The lowest BCUT2D eigenvalue weighted by Crippen LogP contribution is -2.23. The summed E-state index contributed by atoms with van der Waals surface area (Å²) < 4.78 is 0.924. The smallest absolute Gasteiger partial charge is 0.432 e. The molecule has 32 heavy (non-hydrogen) atoms. The summed E-state index contributed by atoms with van der Waals surface area (Å²) in [7, 11) is 0. The molecule has 3 aromatic rings. The average molecular weight is 424 g/mol. The minimum absolute atomic E-state index is 0.417. The highest BCUT2D eigenvalue weighted by Crippen LogP contribution is 2.39. The van der Waals surface area contributed by atoms with E-state index in [1.165, 1.54) is 0 Å². The number of nitriles is 2. The third-order valence-corrected chi connectivity index (χ3v) is 5.52. The Morgan fingerprint density at radius 2 is 1.78 bits per heavy atom. The number of allylic oxidation sites excluding steroid dienone is 4. The summed E-state index contributed by atoms with van der Waals surface area (Å²) in [6, 6.07) is 19.4. The lowest BCUT2D eigenvalue weighted by Gasteiger charge is -2.26. The molecule has 0 unspecified atom stereocenters. The quantitative estimate of drug-likeness (QED) is 0.564. The zero-order valence-electron chi connectivity index (χ0n) is 17.5. The summed E-state index contributed by atoms with van der Waals surface area (Å²) in [6.07, 6.45) is -1.20. The van der Waals surface area contributed by atoms with E-state index in [-0.39, 0.29) is 0 Å². The van der Waals surface area contributed by atoms with E-state index in [1.807, 2.05) is 30.3 Å². The summed E-state index contributed by atoms with van der Waals surface area (Å²) in [5, 5.41) is 40.3. The number of fused-ring (bicyclic) bond motifs is 1. The molecule has 0 amide bonds. The van der Waals surface area contributed by atoms with Crippen LogP contribution in [0.1, 0.15) is 30.9 Å². The Bertz CT molecular complexity index is 1330. The molecule has 8 heteroatoms. The standard InChI is InChI=1S/C24H20N6O2/c1-14-19(11-25)22(20(12-26)15(2)28-14)17-8-9-21-18(10-17)23(29-30(21)24(31)32)27-13-16-6-4-3-5-7-16/h3-10,22,28H,13H2,1-2H3,(H,27,29)(H,31,32). The predicted molar refractivity (Wildman–Crippen MR) is 119 cm³/mol. The largest absolute Gasteiger partial charge is 0.463 e. The van der Waals surface area contributed by atoms with Crippen molar-refractivity contribution in [2.75, 3.05) is 5.32 Å². The van der Waals surface area contributed by atoms with Crippen LogP contribution in [0.4, 0.5) is 10.6 Å². The minimum atomic E-state index is -1.20. The molecule has 2 aromatic carbocycles. The fourth-order valence-electron chi connectivity index (χ4n) is 4.00. The predicted octanol–water partition coefficient (Wildman–Crippen LogP) is 4.46. The van der Waals surface area contributed by atoms with Crippen molar-refractivity contribution >= 4 is 22.8 Å². The van der Waals surface area contributed by atoms with E-state index in [4.69, 9.17) is 0 Å². The lowest BCUT2D eigenvalue weighted by molar-refractivity contribution is 0.194. The Labute approximate surface area is 184 Å². The van der Waals surface area contributed by atoms with Crippen LogP contribution in [0.15, 0.2) is 71.1 Å². The molecule has 0 saturated carbocycles. The number of benzene rings is 2. The van der Waals surface area contributed by atoms with Crippen molar-refractivity contribution in [3.8, 4) is 12.1 Å². The van der Waals surface area contributed by atoms with Crippen molar-refractivity contribution < 1.29 is 9.90 Å². The highest BCUT2D eigenvalue weighted by Gasteiger charge is 2.30. The highest BCUT2D eigenvalue weighted by molar-refractivity contribution is 5.95. The fourth-order valence-corrected chi connectivity index (χ4v) is 4.00. The first-order valence-electron chi connectivity index (χ1n) is 9.97. The molecule has 1 aliphatic rings. The van der Waals surface area contributed by atoms with Crippen molar-refractivity contribution in [3.05, 3.63) is 82.2 Å². The minimum Gasteiger partial charge on any atom is -0.463 e. The number of dihydropyridines is 1. The Balaban J connectivity index is 1.84. The second kappa shape index (κ2) is 8.29. The maximum absolute atomic E-state index is 11.7. The molecule has 1 aliphatic heterocycles. The summed E-state index contributed by atoms with van der Waals surface area (Å²) in [5.74, 6) is -0.119. The molecule has 0 atom stereocenters. The SMILES string of the molecule is CC1=C(C#N)C(c2ccc3c(c2)c(NCc2ccccc2)nn3C(=O)O)C(C#N)=C(C)N1. The van der Waals surface area contributed by atoms with E-state index in [0.29, 0.717) is 45.8 Å². The van der Waals surface area contributed by atoms with Crippen LogP contribution in [0.5, 0.6) is 0 Å². The normalized spacial score (nSPS) is 14.1. The third kappa shape index (κ3) is 3.55. The maximum Gasteiger partial charge on any atom is 0.432 e. The van der Waals surface area contributed by atoms with Gasteiger partial charge in [-0.15, -0.1) is 5.10 Å². The molecule has 0 fully saturated rings. The van der Waals surface area contributed by atoms with Crippen LogP contribution in [0.2, 0.25) is 0 Å². The van der Waals surface area contributed by atoms with Crippen LogP contribution >= 0.6 is 0 Å². The molecule has 158 valence electrons. The van der Waals surface area contributed by atoms with Crippen LogP contribution in [0.25, 0.3) is 10.9 Å². The van der Waals surface area contributed by atoms with Crippen molar-refractivity contribution in [1.82, 2.24) is 15.1 Å². The Hall–Kier alpha value is -4.56. The zero-order chi connectivity index (χ0) is 22.8. The molecule has 0 aliphatic carbocycles. The Morgan fingerprint density at radius 3 is 2.38 bits per heavy atom. The van der Waals surface area contributed by atoms with Crippen molar-refractivity contribution in [2.24, 2.45) is 0 Å². The number of carbonyl (C=O) groups is 1. The van der Waals surface area contributed by atoms with Gasteiger partial charge in [-0.3, -0.25) is 0 Å². The van der Waals surface area contributed by atoms with Crippen molar-refractivity contribution in [3.63, 3.8) is 0 Å². The average Bonchev–Trinajstić information content (AvgIpc) is 3.16. The Kier molecular flexibility index (Phi) is 5.36. The number of hydrogen-bond acceptors (Lipinski definition) is 6. The van der Waals surface area contributed by atoms with Crippen LogP contribution < -0.4 is 10.6 Å². The van der Waals surface area contributed by atoms with E-state index in [9.17, 15) is 20.4 Å². The molecule has 4 rings (SSSR count). The fraction of sp³-hybridized carbons (Fsp3) is 0.167. The van der Waals surface area contributed by atoms with E-state index >= 15 is 0 Å². The number of rotatable bonds is 4. The monoisotopic (exact) mass is 424 g/mol. The molecular formula is C24H20N6O2. The first kappa shape index (κ1) is 20.7. The van der Waals surface area contributed by atoms with Gasteiger partial charge in [0.15, 0.2) is 5.82 Å². The van der Waals surface area contributed by atoms with Gasteiger partial charge in [-0.2, -0.15) is 15.2 Å². The van der Waals surface area contributed by atoms with Crippen molar-refractivity contribution in [1.29, 1.82) is 10.5 Å². The van der Waals surface area contributed by atoms with Crippen LogP contribution in [0, 0.1) is 22.7 Å². The molecule has 0 spiro atoms. The van der Waals surface area contributed by atoms with Gasteiger partial charge in [-0.1, -0.05) is 36.4 Å². The first-order valence-corrected chi connectivity index (χ1v) is 9.97. The summed E-state index contributed by atoms with van der Waals surface area (Å²) in [4.78, 5) is 11.7. The van der Waals surface area contributed by atoms with Crippen LogP contribution in [-0.4, -0.2) is 21.0 Å². The van der Waals surface area contributed by atoms with Gasteiger partial charge in [-0.25, -0.2) is 4.79 Å². The van der Waals surface area contributed by atoms with Gasteiger partial charge in [-0.05, 0) is 37.1 Å². The number of anilines is 1. The number of nitrogens with one attached hydrogen (secondary N) is 2. The van der Waals surface area contributed by atoms with Gasteiger partial charge in [0.1, 0.15) is 0 Å². The van der Waals surface area contributed by atoms with Gasteiger partial charge in [0, 0.05) is 23.3 Å². The Morgan fingerprint density at radius 1 is 1.12 bits per heavy atom. The van der Waals surface area contributed by atoms with Gasteiger partial charge >= 0.3 is 6.09 Å². The second-order valence-corrected chi connectivity index (χ2v) is 7.52. The van der Waals surface area contributed by atoms with Gasteiger partial charge in [0.25, 0.3) is 0 Å². The second-order valence-electron chi connectivity index (χ2n) is 7.52. The molecular weight excluding hydrogens is 404 g/mol. The molecule has 0 radical (unpaired) electrons. The molecule has 8 nitrogen and oxygen atoms in total.